The Balaban J connectivity index is 1.95. The van der Waals surface area contributed by atoms with E-state index in [-0.39, 0.29) is 18.7 Å². The van der Waals surface area contributed by atoms with Gasteiger partial charge >= 0.3 is 5.97 Å². The van der Waals surface area contributed by atoms with Gasteiger partial charge in [-0.3, -0.25) is 9.59 Å². The van der Waals surface area contributed by atoms with Crippen LogP contribution >= 0.6 is 0 Å². The lowest BCUT2D eigenvalue weighted by Crippen LogP contribution is -2.13. The molecule has 0 bridgehead atoms. The lowest BCUT2D eigenvalue weighted by Gasteiger charge is -2.05. The second-order valence-electron chi connectivity index (χ2n) is 3.80. The van der Waals surface area contributed by atoms with Crippen LogP contribution in [0.3, 0.4) is 0 Å². The van der Waals surface area contributed by atoms with Crippen LogP contribution in [0.25, 0.3) is 5.82 Å². The Labute approximate surface area is 108 Å². The second-order valence-corrected chi connectivity index (χ2v) is 3.80. The van der Waals surface area contributed by atoms with Crippen molar-refractivity contribution in [2.75, 3.05) is 5.32 Å². The summed E-state index contributed by atoms with van der Waals surface area (Å²) in [6.45, 7) is 0. The molecule has 0 radical (unpaired) electrons. The fraction of sp³-hybridized carbons (Fsp3) is 0.167. The maximum atomic E-state index is 11.4. The minimum absolute atomic E-state index is 0.0593. The van der Waals surface area contributed by atoms with Crippen LogP contribution in [-0.2, 0) is 9.59 Å². The molecule has 0 aliphatic rings. The van der Waals surface area contributed by atoms with Gasteiger partial charge in [-0.25, -0.2) is 9.67 Å². The normalized spacial score (nSPS) is 10.1. The molecule has 0 aliphatic heterocycles. The van der Waals surface area contributed by atoms with E-state index in [1.165, 1.54) is 6.20 Å². The maximum Gasteiger partial charge on any atom is 0.303 e. The highest BCUT2D eigenvalue weighted by atomic mass is 16.4. The van der Waals surface area contributed by atoms with Gasteiger partial charge in [-0.1, -0.05) is 0 Å². The Hall–Kier alpha value is -2.70. The molecule has 2 N–H and O–H groups in total. The molecule has 0 saturated carbocycles. The minimum atomic E-state index is -0.998. The number of rotatable bonds is 5. The Morgan fingerprint density at radius 3 is 2.74 bits per heavy atom. The SMILES string of the molecule is O=C(O)CCC(=O)Nc1ccc(-n2cccn2)nc1. The topological polar surface area (TPSA) is 97.1 Å². The third-order valence-electron chi connectivity index (χ3n) is 2.34. The summed E-state index contributed by atoms with van der Waals surface area (Å²) in [5.74, 6) is -0.716. The highest BCUT2D eigenvalue weighted by Crippen LogP contribution is 2.09. The smallest absolute Gasteiger partial charge is 0.303 e. The molecule has 0 saturated heterocycles. The van der Waals surface area contributed by atoms with Gasteiger partial charge in [0.1, 0.15) is 0 Å². The number of carboxylic acids is 1. The van der Waals surface area contributed by atoms with Crippen molar-refractivity contribution >= 4 is 17.6 Å². The van der Waals surface area contributed by atoms with Crippen molar-refractivity contribution in [1.29, 1.82) is 0 Å². The molecule has 0 unspecified atom stereocenters. The molecule has 7 heteroatoms. The van der Waals surface area contributed by atoms with Crippen molar-refractivity contribution in [2.45, 2.75) is 12.8 Å². The molecule has 0 aliphatic carbocycles. The zero-order valence-corrected chi connectivity index (χ0v) is 9.98. The Morgan fingerprint density at radius 2 is 2.16 bits per heavy atom. The summed E-state index contributed by atoms with van der Waals surface area (Å²) in [6, 6.07) is 5.17. The second kappa shape index (κ2) is 5.76. The lowest BCUT2D eigenvalue weighted by atomic mass is 10.3. The summed E-state index contributed by atoms with van der Waals surface area (Å²) in [4.78, 5) is 25.9. The van der Waals surface area contributed by atoms with Crippen LogP contribution in [0, 0.1) is 0 Å². The summed E-state index contributed by atoms with van der Waals surface area (Å²) in [5, 5.41) is 15.1. The van der Waals surface area contributed by atoms with Crippen molar-refractivity contribution in [3.05, 3.63) is 36.8 Å². The van der Waals surface area contributed by atoms with Gasteiger partial charge in [-0.2, -0.15) is 5.10 Å². The predicted octanol–water partition coefficient (Wildman–Crippen LogP) is 1.07. The number of amides is 1. The summed E-state index contributed by atoms with van der Waals surface area (Å²) >= 11 is 0. The summed E-state index contributed by atoms with van der Waals surface area (Å²) in [5.41, 5.74) is 0.520. The molecule has 2 aromatic heterocycles. The van der Waals surface area contributed by atoms with Crippen LogP contribution < -0.4 is 5.32 Å². The van der Waals surface area contributed by atoms with E-state index in [1.807, 2.05) is 0 Å². The number of nitrogens with zero attached hydrogens (tertiary/aromatic N) is 3. The molecular formula is C12H12N4O3. The molecule has 7 nitrogen and oxygen atoms in total. The van der Waals surface area contributed by atoms with E-state index in [4.69, 9.17) is 5.11 Å². The number of nitrogens with one attached hydrogen (secondary N) is 1. The van der Waals surface area contributed by atoms with E-state index >= 15 is 0 Å². The van der Waals surface area contributed by atoms with Crippen LogP contribution in [0.1, 0.15) is 12.8 Å². The fourth-order valence-corrected chi connectivity index (χ4v) is 1.44. The van der Waals surface area contributed by atoms with E-state index in [9.17, 15) is 9.59 Å². The van der Waals surface area contributed by atoms with Crippen molar-refractivity contribution < 1.29 is 14.7 Å². The predicted molar refractivity (Wildman–Crippen MR) is 66.9 cm³/mol. The van der Waals surface area contributed by atoms with Gasteiger partial charge in [0.25, 0.3) is 0 Å². The molecule has 19 heavy (non-hydrogen) atoms. The molecule has 2 heterocycles. The first kappa shape index (κ1) is 12.7. The molecule has 0 aromatic carbocycles. The Kier molecular flexibility index (Phi) is 3.87. The van der Waals surface area contributed by atoms with Crippen LogP contribution in [0.15, 0.2) is 36.8 Å². The molecule has 0 fully saturated rings. The first-order valence-electron chi connectivity index (χ1n) is 5.63. The van der Waals surface area contributed by atoms with E-state index in [2.05, 4.69) is 15.4 Å². The first-order valence-corrected chi connectivity index (χ1v) is 5.63. The molecule has 2 rings (SSSR count). The number of hydrogen-bond donors (Lipinski definition) is 2. The summed E-state index contributed by atoms with van der Waals surface area (Å²) in [6.07, 6.45) is 4.65. The number of carboxylic acid groups (broad SMARTS) is 1. The maximum absolute atomic E-state index is 11.4. The van der Waals surface area contributed by atoms with Crippen molar-refractivity contribution in [3.8, 4) is 5.82 Å². The van der Waals surface area contributed by atoms with Crippen molar-refractivity contribution in [1.82, 2.24) is 14.8 Å². The number of hydrogen-bond acceptors (Lipinski definition) is 4. The first-order chi connectivity index (χ1) is 9.15. The van der Waals surface area contributed by atoms with E-state index in [0.29, 0.717) is 11.5 Å². The summed E-state index contributed by atoms with van der Waals surface area (Å²) in [7, 11) is 0. The number of pyridine rings is 1. The van der Waals surface area contributed by atoms with Gasteiger partial charge in [0.15, 0.2) is 5.82 Å². The largest absolute Gasteiger partial charge is 0.481 e. The average molecular weight is 260 g/mol. The van der Waals surface area contributed by atoms with Crippen molar-refractivity contribution in [2.24, 2.45) is 0 Å². The van der Waals surface area contributed by atoms with Crippen LogP contribution in [-0.4, -0.2) is 31.7 Å². The monoisotopic (exact) mass is 260 g/mol. The molecule has 0 atom stereocenters. The quantitative estimate of drug-likeness (QED) is 0.838. The number of carbonyl (C=O) groups excluding carboxylic acids is 1. The van der Waals surface area contributed by atoms with Gasteiger partial charge < -0.3 is 10.4 Å². The van der Waals surface area contributed by atoms with Crippen molar-refractivity contribution in [3.63, 3.8) is 0 Å². The Morgan fingerprint density at radius 1 is 1.32 bits per heavy atom. The number of anilines is 1. The molecular weight excluding hydrogens is 248 g/mol. The highest BCUT2D eigenvalue weighted by molar-refractivity contribution is 5.92. The van der Waals surface area contributed by atoms with Gasteiger partial charge in [-0.15, -0.1) is 0 Å². The van der Waals surface area contributed by atoms with Crippen LogP contribution in [0.2, 0.25) is 0 Å². The van der Waals surface area contributed by atoms with Crippen LogP contribution in [0.5, 0.6) is 0 Å². The van der Waals surface area contributed by atoms with E-state index < -0.39 is 5.97 Å². The fourth-order valence-electron chi connectivity index (χ4n) is 1.44. The number of carbonyl (C=O) groups is 2. The van der Waals surface area contributed by atoms with E-state index in [1.54, 1.807) is 35.3 Å². The van der Waals surface area contributed by atoms with Gasteiger partial charge in [0.2, 0.25) is 5.91 Å². The third kappa shape index (κ3) is 3.63. The zero-order valence-electron chi connectivity index (χ0n) is 9.98. The zero-order chi connectivity index (χ0) is 13.7. The van der Waals surface area contributed by atoms with Gasteiger partial charge in [0.05, 0.1) is 18.3 Å². The van der Waals surface area contributed by atoms with E-state index in [0.717, 1.165) is 0 Å². The number of aliphatic carboxylic acids is 1. The number of aromatic nitrogens is 3. The Bertz CT molecular complexity index is 563. The lowest BCUT2D eigenvalue weighted by molar-refractivity contribution is -0.138. The molecule has 0 spiro atoms. The van der Waals surface area contributed by atoms with Gasteiger partial charge in [-0.05, 0) is 18.2 Å². The highest BCUT2D eigenvalue weighted by Gasteiger charge is 2.06. The molecule has 2 aromatic rings. The van der Waals surface area contributed by atoms with Gasteiger partial charge in [0, 0.05) is 18.8 Å². The third-order valence-corrected chi connectivity index (χ3v) is 2.34. The minimum Gasteiger partial charge on any atom is -0.481 e. The average Bonchev–Trinajstić information content (AvgIpc) is 2.91. The molecule has 98 valence electrons. The molecule has 1 amide bonds. The standard InChI is InChI=1S/C12H12N4O3/c17-11(4-5-12(18)19)15-9-2-3-10(13-8-9)16-7-1-6-14-16/h1-3,6-8H,4-5H2,(H,15,17)(H,18,19). The summed E-state index contributed by atoms with van der Waals surface area (Å²) < 4.78 is 1.59. The van der Waals surface area contributed by atoms with Crippen LogP contribution in [0.4, 0.5) is 5.69 Å².